The highest BCUT2D eigenvalue weighted by Crippen LogP contribution is 2.35. The molecule has 158 valence electrons. The van der Waals surface area contributed by atoms with Crippen molar-refractivity contribution in [3.8, 4) is 22.6 Å². The number of hydrogen-bond donors (Lipinski definition) is 1. The minimum atomic E-state index is 0.765. The number of benzene rings is 2. The Morgan fingerprint density at radius 2 is 1.55 bits per heavy atom. The molecule has 1 fully saturated rings. The van der Waals surface area contributed by atoms with Crippen molar-refractivity contribution in [3.63, 3.8) is 0 Å². The van der Waals surface area contributed by atoms with E-state index in [1.165, 1.54) is 62.4 Å². The highest BCUT2D eigenvalue weighted by molar-refractivity contribution is 5.71. The van der Waals surface area contributed by atoms with Crippen molar-refractivity contribution in [3.05, 3.63) is 48.0 Å². The number of nitrogens with one attached hydrogen (secondary N) is 1. The molecule has 0 atom stereocenters. The number of hydrogen-bond acceptors (Lipinski definition) is 5. The predicted octanol–water partition coefficient (Wildman–Crippen LogP) is 3.49. The van der Waals surface area contributed by atoms with Crippen LogP contribution in [0, 0.1) is 0 Å². The maximum atomic E-state index is 5.53. The molecule has 0 aromatic heterocycles. The first-order valence-corrected chi connectivity index (χ1v) is 10.7. The molecule has 0 unspecified atom stereocenters. The summed E-state index contributed by atoms with van der Waals surface area (Å²) in [6, 6.07) is 14.6. The van der Waals surface area contributed by atoms with Gasteiger partial charge in [-0.3, -0.25) is 0 Å². The fraction of sp³-hybridized carbons (Fsp3) is 0.500. The van der Waals surface area contributed by atoms with E-state index in [1.54, 1.807) is 14.2 Å². The summed E-state index contributed by atoms with van der Waals surface area (Å²) in [4.78, 5) is 5.11. The van der Waals surface area contributed by atoms with Crippen LogP contribution in [0.2, 0.25) is 0 Å². The van der Waals surface area contributed by atoms with Gasteiger partial charge < -0.3 is 24.6 Å². The zero-order valence-corrected chi connectivity index (χ0v) is 18.1. The van der Waals surface area contributed by atoms with Crippen molar-refractivity contribution < 1.29 is 9.47 Å². The zero-order chi connectivity index (χ0) is 20.5. The van der Waals surface area contributed by atoms with E-state index in [4.69, 9.17) is 9.47 Å². The lowest BCUT2D eigenvalue weighted by molar-refractivity contribution is 0.136. The third-order valence-corrected chi connectivity index (χ3v) is 5.75. The van der Waals surface area contributed by atoms with Gasteiger partial charge >= 0.3 is 0 Å². The normalized spacial score (nSPS) is 15.4. The molecule has 1 saturated heterocycles. The lowest BCUT2D eigenvalue weighted by Gasteiger charge is -2.34. The number of likely N-dealkylation sites (N-methyl/N-ethyl adjacent to an activating group) is 1. The molecule has 1 aliphatic heterocycles. The fourth-order valence-electron chi connectivity index (χ4n) is 3.93. The van der Waals surface area contributed by atoms with E-state index in [9.17, 15) is 0 Å². The molecule has 0 amide bonds. The zero-order valence-electron chi connectivity index (χ0n) is 18.1. The summed E-state index contributed by atoms with van der Waals surface area (Å²) in [7, 11) is 3.38. The quantitative estimate of drug-likeness (QED) is 0.621. The van der Waals surface area contributed by atoms with Crippen LogP contribution in [0.15, 0.2) is 42.5 Å². The second-order valence-electron chi connectivity index (χ2n) is 7.54. The van der Waals surface area contributed by atoms with E-state index in [2.05, 4.69) is 58.4 Å². The Hall–Kier alpha value is -2.08. The minimum absolute atomic E-state index is 0.765. The van der Waals surface area contributed by atoms with Crippen LogP contribution in [0.4, 0.5) is 0 Å². The van der Waals surface area contributed by atoms with Gasteiger partial charge in [-0.2, -0.15) is 0 Å². The highest BCUT2D eigenvalue weighted by atomic mass is 16.5. The standard InChI is InChI=1S/C24H35N3O2/c1-4-26-13-15-27(16-14-26)12-8-11-25-19-21-17-23(28-2)24(29-3)18-22(21)20-9-6-5-7-10-20/h5-7,9-10,17-18,25H,4,8,11-16,19H2,1-3H3. The first kappa shape index (κ1) is 21.6. The van der Waals surface area contributed by atoms with E-state index < -0.39 is 0 Å². The number of methoxy groups -OCH3 is 2. The first-order chi connectivity index (χ1) is 14.2. The van der Waals surface area contributed by atoms with Crippen LogP contribution < -0.4 is 14.8 Å². The van der Waals surface area contributed by atoms with Crippen LogP contribution in [-0.4, -0.2) is 69.8 Å². The van der Waals surface area contributed by atoms with Crippen molar-refractivity contribution >= 4 is 0 Å². The second kappa shape index (κ2) is 11.2. The monoisotopic (exact) mass is 397 g/mol. The Bertz CT molecular complexity index is 743. The van der Waals surface area contributed by atoms with Gasteiger partial charge in [0.05, 0.1) is 14.2 Å². The molecule has 1 aliphatic rings. The van der Waals surface area contributed by atoms with Gasteiger partial charge in [0.2, 0.25) is 0 Å². The summed E-state index contributed by atoms with van der Waals surface area (Å²) >= 11 is 0. The number of ether oxygens (including phenoxy) is 2. The lowest BCUT2D eigenvalue weighted by Crippen LogP contribution is -2.46. The van der Waals surface area contributed by atoms with Crippen molar-refractivity contribution in [1.29, 1.82) is 0 Å². The molecule has 2 aromatic carbocycles. The van der Waals surface area contributed by atoms with E-state index in [0.717, 1.165) is 24.6 Å². The van der Waals surface area contributed by atoms with Gasteiger partial charge in [0, 0.05) is 32.7 Å². The van der Waals surface area contributed by atoms with Crippen LogP contribution in [0.3, 0.4) is 0 Å². The molecule has 5 heteroatoms. The molecule has 3 rings (SSSR count). The Balaban J connectivity index is 1.57. The van der Waals surface area contributed by atoms with Gasteiger partial charge in [-0.15, -0.1) is 0 Å². The second-order valence-corrected chi connectivity index (χ2v) is 7.54. The molecular weight excluding hydrogens is 362 g/mol. The fourth-order valence-corrected chi connectivity index (χ4v) is 3.93. The van der Waals surface area contributed by atoms with Crippen LogP contribution in [0.25, 0.3) is 11.1 Å². The molecule has 0 aliphatic carbocycles. The Morgan fingerprint density at radius 3 is 2.21 bits per heavy atom. The van der Waals surface area contributed by atoms with E-state index in [-0.39, 0.29) is 0 Å². The van der Waals surface area contributed by atoms with E-state index >= 15 is 0 Å². The maximum Gasteiger partial charge on any atom is 0.161 e. The first-order valence-electron chi connectivity index (χ1n) is 10.7. The molecule has 0 radical (unpaired) electrons. The van der Waals surface area contributed by atoms with Crippen LogP contribution in [0.1, 0.15) is 18.9 Å². The van der Waals surface area contributed by atoms with Crippen LogP contribution in [-0.2, 0) is 6.54 Å². The van der Waals surface area contributed by atoms with Gasteiger partial charge in [-0.05, 0) is 54.9 Å². The van der Waals surface area contributed by atoms with Crippen molar-refractivity contribution in [2.45, 2.75) is 19.9 Å². The maximum absolute atomic E-state index is 5.53. The molecule has 1 N–H and O–H groups in total. The largest absolute Gasteiger partial charge is 0.493 e. The molecule has 2 aromatic rings. The summed E-state index contributed by atoms with van der Waals surface area (Å²) in [6.07, 6.45) is 1.17. The topological polar surface area (TPSA) is 37.0 Å². The summed E-state index contributed by atoms with van der Waals surface area (Å²) in [5.74, 6) is 1.54. The van der Waals surface area contributed by atoms with Gasteiger partial charge in [-0.25, -0.2) is 0 Å². The molecule has 5 nitrogen and oxygen atoms in total. The Kier molecular flexibility index (Phi) is 8.35. The highest BCUT2D eigenvalue weighted by Gasteiger charge is 2.15. The molecule has 0 bridgehead atoms. The lowest BCUT2D eigenvalue weighted by atomic mass is 9.98. The number of nitrogens with zero attached hydrogens (tertiary/aromatic N) is 2. The SMILES string of the molecule is CCN1CCN(CCCNCc2cc(OC)c(OC)cc2-c2ccccc2)CC1. The minimum Gasteiger partial charge on any atom is -0.493 e. The predicted molar refractivity (Wildman–Crippen MR) is 120 cm³/mol. The molecular formula is C24H35N3O2. The third-order valence-electron chi connectivity index (χ3n) is 5.75. The average molecular weight is 398 g/mol. The summed E-state index contributed by atoms with van der Waals surface area (Å²) in [5.41, 5.74) is 3.61. The van der Waals surface area contributed by atoms with E-state index in [0.29, 0.717) is 0 Å². The molecule has 29 heavy (non-hydrogen) atoms. The van der Waals surface area contributed by atoms with Gasteiger partial charge in [0.1, 0.15) is 0 Å². The third kappa shape index (κ3) is 5.95. The van der Waals surface area contributed by atoms with Gasteiger partial charge in [-0.1, -0.05) is 37.3 Å². The van der Waals surface area contributed by atoms with Crippen LogP contribution in [0.5, 0.6) is 11.5 Å². The van der Waals surface area contributed by atoms with Gasteiger partial charge in [0.25, 0.3) is 0 Å². The average Bonchev–Trinajstić information content (AvgIpc) is 2.79. The molecule has 0 spiro atoms. The Morgan fingerprint density at radius 1 is 0.897 bits per heavy atom. The van der Waals surface area contributed by atoms with Crippen molar-refractivity contribution in [2.75, 3.05) is 60.0 Å². The van der Waals surface area contributed by atoms with Crippen molar-refractivity contribution in [2.24, 2.45) is 0 Å². The number of piperazine rings is 1. The van der Waals surface area contributed by atoms with Gasteiger partial charge in [0.15, 0.2) is 11.5 Å². The molecule has 0 saturated carbocycles. The summed E-state index contributed by atoms with van der Waals surface area (Å²) in [6.45, 7) is 11.2. The number of rotatable bonds is 10. The van der Waals surface area contributed by atoms with Crippen molar-refractivity contribution in [1.82, 2.24) is 15.1 Å². The summed E-state index contributed by atoms with van der Waals surface area (Å²) < 4.78 is 11.1. The smallest absolute Gasteiger partial charge is 0.161 e. The molecule has 1 heterocycles. The Labute approximate surface area is 175 Å². The van der Waals surface area contributed by atoms with Crippen LogP contribution >= 0.6 is 0 Å². The summed E-state index contributed by atoms with van der Waals surface area (Å²) in [5, 5.41) is 3.63. The van der Waals surface area contributed by atoms with E-state index in [1.807, 2.05) is 6.07 Å².